The molecule has 104 valence electrons. The van der Waals surface area contributed by atoms with Gasteiger partial charge in [-0.1, -0.05) is 0 Å². The van der Waals surface area contributed by atoms with Gasteiger partial charge in [0.05, 0.1) is 6.61 Å². The van der Waals surface area contributed by atoms with Crippen LogP contribution in [0.3, 0.4) is 0 Å². The number of hydrogen-bond acceptors (Lipinski definition) is 3. The van der Waals surface area contributed by atoms with Crippen LogP contribution >= 0.6 is 0 Å². The van der Waals surface area contributed by atoms with Crippen LogP contribution in [0.15, 0.2) is 18.3 Å². The Kier molecular flexibility index (Phi) is 4.21. The summed E-state index contributed by atoms with van der Waals surface area (Å²) in [6, 6.07) is 3.18. The summed E-state index contributed by atoms with van der Waals surface area (Å²) in [6.45, 7) is 3.97. The van der Waals surface area contributed by atoms with Crippen molar-refractivity contribution in [2.45, 2.75) is 19.5 Å². The molecule has 0 aromatic carbocycles. The summed E-state index contributed by atoms with van der Waals surface area (Å²) in [4.78, 5) is 25.7. The zero-order valence-electron chi connectivity index (χ0n) is 11.3. The van der Waals surface area contributed by atoms with Crippen molar-refractivity contribution in [2.75, 3.05) is 26.8 Å². The number of amides is 2. The second-order valence-electron chi connectivity index (χ2n) is 4.55. The zero-order valence-corrected chi connectivity index (χ0v) is 11.3. The van der Waals surface area contributed by atoms with Crippen molar-refractivity contribution in [1.29, 1.82) is 0 Å². The highest BCUT2D eigenvalue weighted by Gasteiger charge is 2.30. The molecular formula is C13H19N3O3. The molecule has 1 atom stereocenters. The van der Waals surface area contributed by atoms with Crippen molar-refractivity contribution >= 4 is 11.8 Å². The Morgan fingerprint density at radius 2 is 2.37 bits per heavy atom. The molecule has 2 heterocycles. The van der Waals surface area contributed by atoms with E-state index < -0.39 is 6.04 Å². The van der Waals surface area contributed by atoms with Crippen LogP contribution in [0.25, 0.3) is 0 Å². The van der Waals surface area contributed by atoms with E-state index >= 15 is 0 Å². The van der Waals surface area contributed by atoms with Gasteiger partial charge in [-0.15, -0.1) is 0 Å². The van der Waals surface area contributed by atoms with Crippen LogP contribution in [-0.4, -0.2) is 54.1 Å². The predicted octanol–water partition coefficient (Wildman–Crippen LogP) is 0.0950. The van der Waals surface area contributed by atoms with Crippen LogP contribution in [-0.2, 0) is 16.1 Å². The average molecular weight is 265 g/mol. The first-order valence-electron chi connectivity index (χ1n) is 6.38. The fraction of sp³-hybridized carbons (Fsp3) is 0.538. The lowest BCUT2D eigenvalue weighted by Crippen LogP contribution is -2.56. The van der Waals surface area contributed by atoms with Crippen molar-refractivity contribution in [3.8, 4) is 0 Å². The molecule has 1 fully saturated rings. The first-order valence-corrected chi connectivity index (χ1v) is 6.38. The lowest BCUT2D eigenvalue weighted by atomic mass is 10.2. The summed E-state index contributed by atoms with van der Waals surface area (Å²) in [7, 11) is 1.63. The van der Waals surface area contributed by atoms with Crippen LogP contribution in [0.5, 0.6) is 0 Å². The predicted molar refractivity (Wildman–Crippen MR) is 69.8 cm³/mol. The Bertz CT molecular complexity index is 469. The van der Waals surface area contributed by atoms with E-state index in [9.17, 15) is 9.59 Å². The molecule has 19 heavy (non-hydrogen) atoms. The molecule has 0 saturated carbocycles. The van der Waals surface area contributed by atoms with Gasteiger partial charge in [-0.25, -0.2) is 0 Å². The van der Waals surface area contributed by atoms with E-state index in [2.05, 4.69) is 5.32 Å². The lowest BCUT2D eigenvalue weighted by molar-refractivity contribution is -0.127. The highest BCUT2D eigenvalue weighted by molar-refractivity contribution is 5.97. The van der Waals surface area contributed by atoms with Crippen LogP contribution in [0, 0.1) is 0 Å². The quantitative estimate of drug-likeness (QED) is 0.839. The Morgan fingerprint density at radius 1 is 1.58 bits per heavy atom. The van der Waals surface area contributed by atoms with E-state index in [1.54, 1.807) is 25.0 Å². The third-order valence-corrected chi connectivity index (χ3v) is 3.34. The monoisotopic (exact) mass is 265 g/mol. The minimum Gasteiger partial charge on any atom is -0.383 e. The van der Waals surface area contributed by atoms with Gasteiger partial charge in [0.1, 0.15) is 11.7 Å². The molecule has 1 aromatic rings. The summed E-state index contributed by atoms with van der Waals surface area (Å²) >= 11 is 0. The smallest absolute Gasteiger partial charge is 0.271 e. The van der Waals surface area contributed by atoms with Gasteiger partial charge < -0.3 is 19.5 Å². The summed E-state index contributed by atoms with van der Waals surface area (Å²) in [5.41, 5.74) is 0.596. The number of hydrogen-bond donors (Lipinski definition) is 1. The molecule has 1 saturated heterocycles. The van der Waals surface area contributed by atoms with Crippen molar-refractivity contribution in [2.24, 2.45) is 0 Å². The van der Waals surface area contributed by atoms with E-state index in [0.717, 1.165) is 0 Å². The molecule has 0 spiro atoms. The summed E-state index contributed by atoms with van der Waals surface area (Å²) < 4.78 is 6.88. The third-order valence-electron chi connectivity index (χ3n) is 3.34. The average Bonchev–Trinajstić information content (AvgIpc) is 2.87. The number of methoxy groups -OCH3 is 1. The number of carbonyl (C=O) groups excluding carboxylic acids is 2. The lowest BCUT2D eigenvalue weighted by Gasteiger charge is -2.33. The Labute approximate surface area is 112 Å². The van der Waals surface area contributed by atoms with Crippen molar-refractivity contribution in [1.82, 2.24) is 14.8 Å². The molecule has 1 aliphatic heterocycles. The molecule has 1 aromatic heterocycles. The maximum atomic E-state index is 12.5. The number of aromatic nitrogens is 1. The number of nitrogens with one attached hydrogen (secondary N) is 1. The maximum Gasteiger partial charge on any atom is 0.271 e. The first-order chi connectivity index (χ1) is 9.15. The van der Waals surface area contributed by atoms with E-state index in [-0.39, 0.29) is 11.8 Å². The number of nitrogens with zero attached hydrogens (tertiary/aromatic N) is 2. The van der Waals surface area contributed by atoms with Crippen LogP contribution in [0.2, 0.25) is 0 Å². The van der Waals surface area contributed by atoms with E-state index in [1.165, 1.54) is 0 Å². The Morgan fingerprint density at radius 3 is 3.11 bits per heavy atom. The van der Waals surface area contributed by atoms with Crippen LogP contribution in [0.4, 0.5) is 0 Å². The van der Waals surface area contributed by atoms with E-state index in [4.69, 9.17) is 4.74 Å². The van der Waals surface area contributed by atoms with Crippen molar-refractivity contribution in [3.05, 3.63) is 24.0 Å². The minimum atomic E-state index is -0.424. The number of ether oxygens (including phenoxy) is 1. The van der Waals surface area contributed by atoms with Gasteiger partial charge in [-0.05, 0) is 19.1 Å². The molecular weight excluding hydrogens is 246 g/mol. The summed E-state index contributed by atoms with van der Waals surface area (Å²) in [5.74, 6) is -0.210. The van der Waals surface area contributed by atoms with Gasteiger partial charge in [-0.3, -0.25) is 9.59 Å². The van der Waals surface area contributed by atoms with Gasteiger partial charge >= 0.3 is 0 Å². The number of piperazine rings is 1. The summed E-state index contributed by atoms with van der Waals surface area (Å²) in [5, 5.41) is 2.75. The molecule has 1 aliphatic rings. The second-order valence-corrected chi connectivity index (χ2v) is 4.55. The van der Waals surface area contributed by atoms with Gasteiger partial charge in [0.15, 0.2) is 0 Å². The van der Waals surface area contributed by atoms with E-state index in [1.807, 2.05) is 16.8 Å². The van der Waals surface area contributed by atoms with E-state index in [0.29, 0.717) is 31.9 Å². The molecule has 6 nitrogen and oxygen atoms in total. The normalized spacial score (nSPS) is 19.4. The van der Waals surface area contributed by atoms with Gasteiger partial charge in [0.2, 0.25) is 5.91 Å². The highest BCUT2D eigenvalue weighted by atomic mass is 16.5. The first kappa shape index (κ1) is 13.6. The topological polar surface area (TPSA) is 63.6 Å². The standard InChI is InChI=1S/C13H19N3O3/c1-10-12(17)14-5-7-16(10)13(18)11-4-3-6-15(11)8-9-19-2/h3-4,6,10H,5,7-9H2,1-2H3,(H,14,17). The molecule has 1 unspecified atom stereocenters. The molecule has 1 N–H and O–H groups in total. The Balaban J connectivity index is 2.14. The molecule has 6 heteroatoms. The SMILES string of the molecule is COCCn1cccc1C(=O)N1CCNC(=O)C1C. The zero-order chi connectivity index (χ0) is 13.8. The molecule has 2 amide bonds. The Hall–Kier alpha value is -1.82. The number of carbonyl (C=O) groups is 2. The van der Waals surface area contributed by atoms with Crippen LogP contribution in [0.1, 0.15) is 17.4 Å². The maximum absolute atomic E-state index is 12.5. The fourth-order valence-corrected chi connectivity index (χ4v) is 2.20. The van der Waals surface area contributed by atoms with Gasteiger partial charge in [0.25, 0.3) is 5.91 Å². The molecule has 2 rings (SSSR count). The molecule has 0 radical (unpaired) electrons. The minimum absolute atomic E-state index is 0.102. The van der Waals surface area contributed by atoms with Crippen molar-refractivity contribution in [3.63, 3.8) is 0 Å². The second kappa shape index (κ2) is 5.88. The largest absolute Gasteiger partial charge is 0.383 e. The molecule has 0 aliphatic carbocycles. The highest BCUT2D eigenvalue weighted by Crippen LogP contribution is 2.12. The van der Waals surface area contributed by atoms with Gasteiger partial charge in [-0.2, -0.15) is 0 Å². The fourth-order valence-electron chi connectivity index (χ4n) is 2.20. The molecule has 0 bridgehead atoms. The number of rotatable bonds is 4. The summed E-state index contributed by atoms with van der Waals surface area (Å²) in [6.07, 6.45) is 1.85. The van der Waals surface area contributed by atoms with Crippen LogP contribution < -0.4 is 5.32 Å². The van der Waals surface area contributed by atoms with Gasteiger partial charge in [0, 0.05) is 32.9 Å². The third kappa shape index (κ3) is 2.78. The van der Waals surface area contributed by atoms with Crippen molar-refractivity contribution < 1.29 is 14.3 Å².